The minimum absolute atomic E-state index is 0.0240. The van der Waals surface area contributed by atoms with Gasteiger partial charge in [0.1, 0.15) is 11.6 Å². The first-order valence-electron chi connectivity index (χ1n) is 8.42. The Morgan fingerprint density at radius 3 is 2.54 bits per heavy atom. The number of aromatic nitrogens is 4. The zero-order chi connectivity index (χ0) is 16.8. The zero-order valence-corrected chi connectivity index (χ0v) is 13.9. The quantitative estimate of drug-likeness (QED) is 0.844. The average Bonchev–Trinajstić information content (AvgIpc) is 3.26. The molecule has 0 radical (unpaired) electrons. The third-order valence-electron chi connectivity index (χ3n) is 4.89. The zero-order valence-electron chi connectivity index (χ0n) is 13.9. The van der Waals surface area contributed by atoms with Gasteiger partial charge in [-0.2, -0.15) is 5.10 Å². The van der Waals surface area contributed by atoms with E-state index in [1.54, 1.807) is 24.9 Å². The first kappa shape index (κ1) is 15.2. The second kappa shape index (κ2) is 5.61. The number of nitrogens with zero attached hydrogens (tertiary/aromatic N) is 5. The van der Waals surface area contributed by atoms with Crippen LogP contribution in [0.1, 0.15) is 59.7 Å². The Bertz CT molecular complexity index is 821. The van der Waals surface area contributed by atoms with Crippen LogP contribution in [0, 0.1) is 6.92 Å². The molecule has 0 aromatic carbocycles. The van der Waals surface area contributed by atoms with Crippen LogP contribution in [0.2, 0.25) is 0 Å². The second-order valence-electron chi connectivity index (χ2n) is 6.75. The van der Waals surface area contributed by atoms with Crippen molar-refractivity contribution in [3.63, 3.8) is 0 Å². The predicted molar refractivity (Wildman–Crippen MR) is 84.9 cm³/mol. The molecule has 0 unspecified atom stereocenters. The highest BCUT2D eigenvalue weighted by Gasteiger charge is 2.34. The minimum atomic E-state index is -0.0918. The fraction of sp³-hybridized carbons (Fsp3) is 0.625. The smallest absolute Gasteiger partial charge is 0.345 e. The van der Waals surface area contributed by atoms with Gasteiger partial charge in [-0.3, -0.25) is 9.36 Å². The first-order chi connectivity index (χ1) is 11.5. The van der Waals surface area contributed by atoms with Gasteiger partial charge in [0.15, 0.2) is 5.69 Å². The van der Waals surface area contributed by atoms with E-state index in [4.69, 9.17) is 4.52 Å². The molecular weight excluding hydrogens is 310 g/mol. The molecule has 8 heteroatoms. The topological polar surface area (TPSA) is 86.2 Å². The maximum atomic E-state index is 12.4. The molecule has 2 aliphatic rings. The van der Waals surface area contributed by atoms with Gasteiger partial charge in [0.2, 0.25) is 0 Å². The molecule has 0 spiro atoms. The minimum Gasteiger partial charge on any atom is -0.361 e. The van der Waals surface area contributed by atoms with Crippen LogP contribution in [0.4, 0.5) is 0 Å². The summed E-state index contributed by atoms with van der Waals surface area (Å²) in [5.74, 6) is 1.65. The van der Waals surface area contributed by atoms with E-state index in [0.29, 0.717) is 30.6 Å². The number of aryl methyl sites for hydroxylation is 2. The Morgan fingerprint density at radius 1 is 1.25 bits per heavy atom. The lowest BCUT2D eigenvalue weighted by Crippen LogP contribution is -2.38. The highest BCUT2D eigenvalue weighted by molar-refractivity contribution is 5.92. The molecule has 8 nitrogen and oxygen atoms in total. The van der Waals surface area contributed by atoms with E-state index < -0.39 is 0 Å². The van der Waals surface area contributed by atoms with Crippen molar-refractivity contribution >= 4 is 5.91 Å². The molecule has 2 aromatic rings. The van der Waals surface area contributed by atoms with Gasteiger partial charge < -0.3 is 9.42 Å². The molecule has 0 N–H and O–H groups in total. The van der Waals surface area contributed by atoms with E-state index in [0.717, 1.165) is 31.5 Å². The number of rotatable bonds is 3. The molecule has 128 valence electrons. The molecule has 3 heterocycles. The lowest BCUT2D eigenvalue weighted by atomic mass is 9.95. The van der Waals surface area contributed by atoms with Gasteiger partial charge in [0.25, 0.3) is 5.91 Å². The Hall–Kier alpha value is -2.38. The number of carbonyl (C=O) groups is 1. The van der Waals surface area contributed by atoms with E-state index in [1.807, 2.05) is 4.57 Å². The number of hydrogen-bond acceptors (Lipinski definition) is 5. The molecule has 2 aromatic heterocycles. The molecule has 2 fully saturated rings. The summed E-state index contributed by atoms with van der Waals surface area (Å²) < 4.78 is 8.28. The van der Waals surface area contributed by atoms with Gasteiger partial charge >= 0.3 is 5.69 Å². The number of piperidine rings is 1. The van der Waals surface area contributed by atoms with Crippen molar-refractivity contribution in [2.75, 3.05) is 13.1 Å². The van der Waals surface area contributed by atoms with Gasteiger partial charge in [-0.05, 0) is 32.6 Å². The second-order valence-corrected chi connectivity index (χ2v) is 6.75. The standard InChI is InChI=1S/C16H21N5O3/c1-10-9-13(18-24-10)15(22)20-7-5-11(6-8-20)14-17-19(2)16(23)21(14)12-3-4-12/h9,11-12H,3-8H2,1-2H3. The SMILES string of the molecule is Cc1cc(C(=O)N2CCC(c3nn(C)c(=O)n3C3CC3)CC2)no1. The Balaban J connectivity index is 1.48. The van der Waals surface area contributed by atoms with E-state index in [-0.39, 0.29) is 17.5 Å². The molecule has 0 bridgehead atoms. The summed E-state index contributed by atoms with van der Waals surface area (Å²) in [6.07, 6.45) is 3.74. The van der Waals surface area contributed by atoms with Gasteiger partial charge in [-0.1, -0.05) is 5.16 Å². The summed E-state index contributed by atoms with van der Waals surface area (Å²) in [7, 11) is 1.70. The number of amides is 1. The number of carbonyl (C=O) groups excluding carboxylic acids is 1. The van der Waals surface area contributed by atoms with Crippen LogP contribution in [-0.2, 0) is 7.05 Å². The van der Waals surface area contributed by atoms with Gasteiger partial charge in [-0.15, -0.1) is 0 Å². The van der Waals surface area contributed by atoms with Gasteiger partial charge in [0.05, 0.1) is 0 Å². The Labute approximate surface area is 139 Å². The third kappa shape index (κ3) is 2.55. The average molecular weight is 331 g/mol. The van der Waals surface area contributed by atoms with Gasteiger partial charge in [0, 0.05) is 38.2 Å². The van der Waals surface area contributed by atoms with E-state index in [9.17, 15) is 9.59 Å². The lowest BCUT2D eigenvalue weighted by molar-refractivity contribution is 0.0699. The van der Waals surface area contributed by atoms with Crippen molar-refractivity contribution in [3.8, 4) is 0 Å². The Morgan fingerprint density at radius 2 is 1.96 bits per heavy atom. The molecule has 1 aliphatic carbocycles. The lowest BCUT2D eigenvalue weighted by Gasteiger charge is -2.31. The van der Waals surface area contributed by atoms with Crippen LogP contribution in [0.15, 0.2) is 15.4 Å². The van der Waals surface area contributed by atoms with E-state index >= 15 is 0 Å². The van der Waals surface area contributed by atoms with Crippen molar-refractivity contribution in [2.24, 2.45) is 7.05 Å². The predicted octanol–water partition coefficient (Wildman–Crippen LogP) is 1.23. The molecule has 1 saturated heterocycles. The van der Waals surface area contributed by atoms with Crippen LogP contribution >= 0.6 is 0 Å². The van der Waals surface area contributed by atoms with Gasteiger partial charge in [-0.25, -0.2) is 9.48 Å². The monoisotopic (exact) mass is 331 g/mol. The van der Waals surface area contributed by atoms with Crippen molar-refractivity contribution in [3.05, 3.63) is 33.8 Å². The highest BCUT2D eigenvalue weighted by Crippen LogP contribution is 2.37. The largest absolute Gasteiger partial charge is 0.361 e. The maximum absolute atomic E-state index is 12.4. The van der Waals surface area contributed by atoms with Crippen molar-refractivity contribution in [2.45, 2.75) is 44.6 Å². The van der Waals surface area contributed by atoms with Crippen LogP contribution < -0.4 is 5.69 Å². The molecule has 1 saturated carbocycles. The van der Waals surface area contributed by atoms with Crippen LogP contribution in [0.25, 0.3) is 0 Å². The van der Waals surface area contributed by atoms with E-state index in [2.05, 4.69) is 10.3 Å². The van der Waals surface area contributed by atoms with Crippen LogP contribution in [-0.4, -0.2) is 43.4 Å². The molecule has 0 atom stereocenters. The highest BCUT2D eigenvalue weighted by atomic mass is 16.5. The summed E-state index contributed by atoms with van der Waals surface area (Å²) in [6, 6.07) is 1.98. The van der Waals surface area contributed by atoms with Crippen LogP contribution in [0.5, 0.6) is 0 Å². The van der Waals surface area contributed by atoms with Crippen LogP contribution in [0.3, 0.4) is 0 Å². The number of likely N-dealkylation sites (tertiary alicyclic amines) is 1. The fourth-order valence-corrected chi connectivity index (χ4v) is 3.42. The molecule has 24 heavy (non-hydrogen) atoms. The molecule has 1 aliphatic heterocycles. The molecular formula is C16H21N5O3. The fourth-order valence-electron chi connectivity index (χ4n) is 3.42. The Kier molecular flexibility index (Phi) is 3.54. The summed E-state index contributed by atoms with van der Waals surface area (Å²) in [4.78, 5) is 26.5. The maximum Gasteiger partial charge on any atom is 0.345 e. The summed E-state index contributed by atoms with van der Waals surface area (Å²) in [5.41, 5.74) is 0.336. The summed E-state index contributed by atoms with van der Waals surface area (Å²) in [6.45, 7) is 3.06. The van der Waals surface area contributed by atoms with Crippen molar-refractivity contribution in [1.29, 1.82) is 0 Å². The van der Waals surface area contributed by atoms with Crippen molar-refractivity contribution < 1.29 is 9.32 Å². The summed E-state index contributed by atoms with van der Waals surface area (Å²) >= 11 is 0. The normalized spacial score (nSPS) is 19.0. The van der Waals surface area contributed by atoms with Crippen molar-refractivity contribution in [1.82, 2.24) is 24.4 Å². The molecule has 4 rings (SSSR count). The molecule has 1 amide bonds. The number of hydrogen-bond donors (Lipinski definition) is 0. The third-order valence-corrected chi connectivity index (χ3v) is 4.89. The summed E-state index contributed by atoms with van der Waals surface area (Å²) in [5, 5.41) is 8.26. The van der Waals surface area contributed by atoms with E-state index in [1.165, 1.54) is 4.68 Å². The first-order valence-corrected chi connectivity index (χ1v) is 8.42.